The highest BCUT2D eigenvalue weighted by molar-refractivity contribution is 5.86. The molecule has 1 aromatic heterocycles. The molecule has 0 unspecified atom stereocenters. The zero-order valence-corrected chi connectivity index (χ0v) is 11.5. The zero-order chi connectivity index (χ0) is 15.9. The molecule has 0 spiro atoms. The summed E-state index contributed by atoms with van der Waals surface area (Å²) in [6, 6.07) is 8.23. The van der Waals surface area contributed by atoms with Crippen LogP contribution in [-0.4, -0.2) is 22.4 Å². The Morgan fingerprint density at radius 3 is 2.55 bits per heavy atom. The van der Waals surface area contributed by atoms with E-state index < -0.39 is 11.2 Å². The van der Waals surface area contributed by atoms with Crippen molar-refractivity contribution in [1.82, 2.24) is 0 Å². The van der Waals surface area contributed by atoms with Crippen molar-refractivity contribution < 1.29 is 24.5 Å². The first-order chi connectivity index (χ1) is 10.5. The Hall–Kier alpha value is -3.15. The van der Waals surface area contributed by atoms with Crippen molar-refractivity contribution in [3.05, 3.63) is 46.6 Å². The van der Waals surface area contributed by atoms with E-state index in [1.54, 1.807) is 0 Å². The Balaban J connectivity index is 2.33. The number of fused-ring (bicyclic) bond motifs is 1. The Kier molecular flexibility index (Phi) is 3.14. The van der Waals surface area contributed by atoms with Crippen LogP contribution in [-0.2, 0) is 0 Å². The first-order valence-corrected chi connectivity index (χ1v) is 6.37. The van der Waals surface area contributed by atoms with Gasteiger partial charge in [-0.1, -0.05) is 6.07 Å². The van der Waals surface area contributed by atoms with Gasteiger partial charge in [0, 0.05) is 18.2 Å². The number of rotatable bonds is 2. The summed E-state index contributed by atoms with van der Waals surface area (Å²) in [4.78, 5) is 12.2. The summed E-state index contributed by atoms with van der Waals surface area (Å²) in [6.07, 6.45) is 0. The van der Waals surface area contributed by atoms with Gasteiger partial charge in [0.1, 0.15) is 28.2 Å². The lowest BCUT2D eigenvalue weighted by Crippen LogP contribution is -2.01. The van der Waals surface area contributed by atoms with Crippen LogP contribution >= 0.6 is 0 Å². The maximum absolute atomic E-state index is 12.2. The fraction of sp³-hybridized carbons (Fsp3) is 0.0625. The highest BCUT2D eigenvalue weighted by Crippen LogP contribution is 2.37. The van der Waals surface area contributed by atoms with Gasteiger partial charge in [0.05, 0.1) is 12.7 Å². The number of aromatic hydroxyl groups is 3. The Bertz CT molecular complexity index is 926. The van der Waals surface area contributed by atoms with Crippen LogP contribution in [0.15, 0.2) is 45.6 Å². The molecular weight excluding hydrogens is 288 g/mol. The molecule has 1 heterocycles. The maximum atomic E-state index is 12.2. The fourth-order valence-corrected chi connectivity index (χ4v) is 2.22. The van der Waals surface area contributed by atoms with E-state index >= 15 is 0 Å². The predicted octanol–water partition coefficient (Wildman–Crippen LogP) is 2.59. The Labute approximate surface area is 124 Å². The van der Waals surface area contributed by atoms with E-state index in [2.05, 4.69) is 0 Å². The second kappa shape index (κ2) is 5.00. The summed E-state index contributed by atoms with van der Waals surface area (Å²) in [5.41, 5.74) is -0.192. The molecule has 22 heavy (non-hydrogen) atoms. The average molecular weight is 300 g/mol. The second-order valence-electron chi connectivity index (χ2n) is 4.67. The van der Waals surface area contributed by atoms with Crippen LogP contribution in [0.4, 0.5) is 0 Å². The Morgan fingerprint density at radius 2 is 1.82 bits per heavy atom. The van der Waals surface area contributed by atoms with E-state index in [1.165, 1.54) is 37.4 Å². The second-order valence-corrected chi connectivity index (χ2v) is 4.67. The summed E-state index contributed by atoms with van der Waals surface area (Å²) in [6.45, 7) is 0. The molecule has 0 aliphatic rings. The van der Waals surface area contributed by atoms with Crippen molar-refractivity contribution in [2.75, 3.05) is 7.11 Å². The third-order valence-corrected chi connectivity index (χ3v) is 3.30. The largest absolute Gasteiger partial charge is 0.507 e. The lowest BCUT2D eigenvalue weighted by molar-refractivity contribution is 0.403. The number of ether oxygens (including phenoxy) is 1. The monoisotopic (exact) mass is 300 g/mol. The number of phenolic OH excluding ortho intramolecular Hbond substituents is 3. The summed E-state index contributed by atoms with van der Waals surface area (Å²) < 4.78 is 10.6. The summed E-state index contributed by atoms with van der Waals surface area (Å²) in [5.74, 6) is -0.579. The van der Waals surface area contributed by atoms with Gasteiger partial charge >= 0.3 is 0 Å². The fourth-order valence-electron chi connectivity index (χ4n) is 2.22. The van der Waals surface area contributed by atoms with Crippen molar-refractivity contribution >= 4 is 11.0 Å². The third-order valence-electron chi connectivity index (χ3n) is 3.30. The number of para-hydroxylation sites is 1. The normalized spacial score (nSPS) is 10.8. The molecule has 3 N–H and O–H groups in total. The minimum atomic E-state index is -0.473. The van der Waals surface area contributed by atoms with E-state index in [9.17, 15) is 20.1 Å². The van der Waals surface area contributed by atoms with Crippen molar-refractivity contribution in [2.45, 2.75) is 0 Å². The molecule has 0 aliphatic carbocycles. The summed E-state index contributed by atoms with van der Waals surface area (Å²) in [5, 5.41) is 29.3. The average Bonchev–Trinajstić information content (AvgIpc) is 2.49. The van der Waals surface area contributed by atoms with Crippen molar-refractivity contribution in [3.8, 4) is 34.3 Å². The molecule has 0 radical (unpaired) electrons. The van der Waals surface area contributed by atoms with Crippen LogP contribution in [0.1, 0.15) is 0 Å². The van der Waals surface area contributed by atoms with E-state index in [0.717, 1.165) is 6.07 Å². The third kappa shape index (κ3) is 2.10. The standard InChI is InChI=1S/C16H12O6/c1-21-8-5-11(18)15-12(19)7-13(22-14(15)6-8)9-3-2-4-10(17)16(9)20/h2-7,17-18,20H,1H3. The van der Waals surface area contributed by atoms with Crippen LogP contribution in [0, 0.1) is 0 Å². The number of benzene rings is 2. The van der Waals surface area contributed by atoms with Crippen molar-refractivity contribution in [2.24, 2.45) is 0 Å². The van der Waals surface area contributed by atoms with E-state index in [-0.39, 0.29) is 33.8 Å². The maximum Gasteiger partial charge on any atom is 0.197 e. The molecule has 0 amide bonds. The van der Waals surface area contributed by atoms with Crippen molar-refractivity contribution in [3.63, 3.8) is 0 Å². The molecule has 0 aliphatic heterocycles. The van der Waals surface area contributed by atoms with Crippen LogP contribution in [0.2, 0.25) is 0 Å². The summed E-state index contributed by atoms with van der Waals surface area (Å²) in [7, 11) is 1.42. The van der Waals surface area contributed by atoms with Gasteiger partial charge in [-0.15, -0.1) is 0 Å². The predicted molar refractivity (Wildman–Crippen MR) is 79.5 cm³/mol. The molecule has 3 aromatic rings. The van der Waals surface area contributed by atoms with Crippen LogP contribution in [0.25, 0.3) is 22.3 Å². The minimum absolute atomic E-state index is 0.0178. The zero-order valence-electron chi connectivity index (χ0n) is 11.5. The topological polar surface area (TPSA) is 100 Å². The highest BCUT2D eigenvalue weighted by Gasteiger charge is 2.15. The lowest BCUT2D eigenvalue weighted by atomic mass is 10.1. The molecule has 0 saturated carbocycles. The molecule has 0 fully saturated rings. The van der Waals surface area contributed by atoms with E-state index in [4.69, 9.17) is 9.15 Å². The van der Waals surface area contributed by atoms with Crippen LogP contribution in [0.3, 0.4) is 0 Å². The lowest BCUT2D eigenvalue weighted by Gasteiger charge is -2.08. The smallest absolute Gasteiger partial charge is 0.197 e. The SMILES string of the molecule is COc1cc(O)c2c(=O)cc(-c3cccc(O)c3O)oc2c1. The Morgan fingerprint density at radius 1 is 1.05 bits per heavy atom. The van der Waals surface area contributed by atoms with Gasteiger partial charge in [-0.25, -0.2) is 0 Å². The molecule has 6 nitrogen and oxygen atoms in total. The molecular formula is C16H12O6. The number of hydrogen-bond acceptors (Lipinski definition) is 6. The van der Waals surface area contributed by atoms with Gasteiger partial charge in [-0.3, -0.25) is 4.79 Å². The molecule has 6 heteroatoms. The number of hydrogen-bond donors (Lipinski definition) is 3. The van der Waals surface area contributed by atoms with Crippen LogP contribution < -0.4 is 10.2 Å². The summed E-state index contributed by atoms with van der Waals surface area (Å²) >= 11 is 0. The quantitative estimate of drug-likeness (QED) is 0.629. The van der Waals surface area contributed by atoms with Gasteiger partial charge in [-0.2, -0.15) is 0 Å². The number of phenols is 3. The van der Waals surface area contributed by atoms with Gasteiger partial charge in [0.15, 0.2) is 16.9 Å². The van der Waals surface area contributed by atoms with Gasteiger partial charge in [0.25, 0.3) is 0 Å². The van der Waals surface area contributed by atoms with Crippen LogP contribution in [0.5, 0.6) is 23.0 Å². The first kappa shape index (κ1) is 13.8. The first-order valence-electron chi connectivity index (χ1n) is 6.37. The minimum Gasteiger partial charge on any atom is -0.507 e. The molecule has 0 bridgehead atoms. The molecule has 2 aromatic carbocycles. The van der Waals surface area contributed by atoms with Gasteiger partial charge in [0.2, 0.25) is 0 Å². The molecule has 112 valence electrons. The number of methoxy groups -OCH3 is 1. The molecule has 0 atom stereocenters. The van der Waals surface area contributed by atoms with Gasteiger partial charge in [-0.05, 0) is 12.1 Å². The molecule has 0 saturated heterocycles. The van der Waals surface area contributed by atoms with E-state index in [0.29, 0.717) is 5.75 Å². The highest BCUT2D eigenvalue weighted by atomic mass is 16.5. The van der Waals surface area contributed by atoms with E-state index in [1.807, 2.05) is 0 Å². The van der Waals surface area contributed by atoms with Crippen molar-refractivity contribution in [1.29, 1.82) is 0 Å². The van der Waals surface area contributed by atoms with Gasteiger partial charge < -0.3 is 24.5 Å². The molecule has 3 rings (SSSR count).